The summed E-state index contributed by atoms with van der Waals surface area (Å²) < 4.78 is 16.4. The highest BCUT2D eigenvalue weighted by molar-refractivity contribution is 5.73. The molecule has 0 spiro atoms. The van der Waals surface area contributed by atoms with E-state index in [9.17, 15) is 9.59 Å². The van der Waals surface area contributed by atoms with E-state index in [1.165, 1.54) is 0 Å². The predicted molar refractivity (Wildman–Crippen MR) is 89.6 cm³/mol. The van der Waals surface area contributed by atoms with Crippen LogP contribution in [0.25, 0.3) is 0 Å². The molecule has 1 aromatic rings. The third kappa shape index (κ3) is 5.06. The fraction of sp³-hybridized carbons (Fsp3) is 0.579. The standard InChI is InChI=1S/C19H26O5/c1-13(2)9-17(20)22-11-19(12-23-19)15-7-5-6-8-16(15)24-18(21)10-14(3)4/h5-8,13-14H,9-12H2,1-4H3/t19-/m0/s1. The molecule has 0 aromatic heterocycles. The van der Waals surface area contributed by atoms with Crippen LogP contribution in [0.15, 0.2) is 24.3 Å². The van der Waals surface area contributed by atoms with Crippen LogP contribution in [0.2, 0.25) is 0 Å². The molecule has 0 unspecified atom stereocenters. The summed E-state index contributed by atoms with van der Waals surface area (Å²) in [5.41, 5.74) is 0.0564. The van der Waals surface area contributed by atoms with Gasteiger partial charge in [-0.15, -0.1) is 0 Å². The molecule has 0 saturated carbocycles. The Kier molecular flexibility index (Phi) is 5.99. The summed E-state index contributed by atoms with van der Waals surface area (Å²) in [5.74, 6) is 0.436. The van der Waals surface area contributed by atoms with Crippen molar-refractivity contribution in [1.29, 1.82) is 0 Å². The van der Waals surface area contributed by atoms with Crippen molar-refractivity contribution in [2.45, 2.75) is 46.1 Å². The van der Waals surface area contributed by atoms with Gasteiger partial charge >= 0.3 is 11.9 Å². The molecule has 1 saturated heterocycles. The Morgan fingerprint density at radius 2 is 1.67 bits per heavy atom. The van der Waals surface area contributed by atoms with Crippen molar-refractivity contribution in [2.24, 2.45) is 11.8 Å². The van der Waals surface area contributed by atoms with Gasteiger partial charge in [0.05, 0.1) is 6.61 Å². The van der Waals surface area contributed by atoms with Gasteiger partial charge in [-0.1, -0.05) is 45.9 Å². The summed E-state index contributed by atoms with van der Waals surface area (Å²) in [6, 6.07) is 7.25. The van der Waals surface area contributed by atoms with Crippen molar-refractivity contribution in [2.75, 3.05) is 13.2 Å². The largest absolute Gasteiger partial charge is 0.462 e. The summed E-state index contributed by atoms with van der Waals surface area (Å²) >= 11 is 0. The van der Waals surface area contributed by atoms with E-state index >= 15 is 0 Å². The maximum absolute atomic E-state index is 12.0. The molecule has 132 valence electrons. The molecule has 0 radical (unpaired) electrons. The zero-order valence-corrected chi connectivity index (χ0v) is 14.8. The number of carbonyl (C=O) groups is 2. The molecule has 5 nitrogen and oxygen atoms in total. The van der Waals surface area contributed by atoms with Crippen LogP contribution >= 0.6 is 0 Å². The van der Waals surface area contributed by atoms with E-state index in [-0.39, 0.29) is 30.4 Å². The molecular formula is C19H26O5. The second kappa shape index (κ2) is 7.79. The number of benzene rings is 1. The highest BCUT2D eigenvalue weighted by Gasteiger charge is 2.50. The van der Waals surface area contributed by atoms with Crippen LogP contribution < -0.4 is 4.74 Å². The first-order valence-corrected chi connectivity index (χ1v) is 8.42. The van der Waals surface area contributed by atoms with E-state index in [0.29, 0.717) is 25.2 Å². The summed E-state index contributed by atoms with van der Waals surface area (Å²) in [6.45, 7) is 8.44. The summed E-state index contributed by atoms with van der Waals surface area (Å²) in [6.07, 6.45) is 0.729. The number of esters is 2. The van der Waals surface area contributed by atoms with Crippen LogP contribution in [0.1, 0.15) is 46.1 Å². The molecule has 0 bridgehead atoms. The first-order valence-electron chi connectivity index (χ1n) is 8.42. The Hall–Kier alpha value is -1.88. The Bertz CT molecular complexity index is 587. The van der Waals surface area contributed by atoms with Crippen LogP contribution in [0, 0.1) is 11.8 Å². The van der Waals surface area contributed by atoms with Gasteiger partial charge < -0.3 is 14.2 Å². The summed E-state index contributed by atoms with van der Waals surface area (Å²) in [4.78, 5) is 23.7. The molecule has 1 aromatic carbocycles. The first kappa shape index (κ1) is 18.5. The molecule has 1 aliphatic heterocycles. The number of epoxide rings is 1. The Labute approximate surface area is 143 Å². The molecule has 1 atom stereocenters. The zero-order chi connectivity index (χ0) is 17.7. The molecule has 0 N–H and O–H groups in total. The van der Waals surface area contributed by atoms with E-state index in [2.05, 4.69) is 0 Å². The van der Waals surface area contributed by atoms with Gasteiger partial charge in [-0.3, -0.25) is 9.59 Å². The van der Waals surface area contributed by atoms with Gasteiger partial charge in [0.25, 0.3) is 0 Å². The van der Waals surface area contributed by atoms with Crippen LogP contribution in [-0.4, -0.2) is 25.2 Å². The zero-order valence-electron chi connectivity index (χ0n) is 14.8. The van der Waals surface area contributed by atoms with Crippen molar-refractivity contribution in [3.63, 3.8) is 0 Å². The molecular weight excluding hydrogens is 308 g/mol. The summed E-state index contributed by atoms with van der Waals surface area (Å²) in [7, 11) is 0. The first-order chi connectivity index (χ1) is 11.3. The molecule has 1 fully saturated rings. The van der Waals surface area contributed by atoms with Gasteiger partial charge in [-0.2, -0.15) is 0 Å². The normalized spacial score (nSPS) is 19.4. The smallest absolute Gasteiger partial charge is 0.311 e. The fourth-order valence-electron chi connectivity index (χ4n) is 2.42. The van der Waals surface area contributed by atoms with Crippen LogP contribution in [0.4, 0.5) is 0 Å². The van der Waals surface area contributed by atoms with E-state index in [1.54, 1.807) is 6.07 Å². The summed E-state index contributed by atoms with van der Waals surface area (Å²) in [5, 5.41) is 0. The highest BCUT2D eigenvalue weighted by Crippen LogP contribution is 2.43. The molecule has 1 heterocycles. The molecule has 24 heavy (non-hydrogen) atoms. The van der Waals surface area contributed by atoms with Gasteiger partial charge in [0.1, 0.15) is 12.4 Å². The van der Waals surface area contributed by atoms with E-state index in [4.69, 9.17) is 14.2 Å². The Balaban J connectivity index is 2.05. The predicted octanol–water partition coefficient (Wildman–Crippen LogP) is 3.45. The topological polar surface area (TPSA) is 65.1 Å². The minimum atomic E-state index is -0.693. The number of rotatable bonds is 8. The van der Waals surface area contributed by atoms with Gasteiger partial charge in [-0.25, -0.2) is 0 Å². The van der Waals surface area contributed by atoms with Gasteiger partial charge in [0.15, 0.2) is 5.60 Å². The van der Waals surface area contributed by atoms with Crippen LogP contribution in [0.3, 0.4) is 0 Å². The lowest BCUT2D eigenvalue weighted by atomic mass is 9.99. The van der Waals surface area contributed by atoms with Gasteiger partial charge in [0, 0.05) is 18.4 Å². The van der Waals surface area contributed by atoms with Crippen LogP contribution in [0.5, 0.6) is 5.75 Å². The number of hydrogen-bond acceptors (Lipinski definition) is 5. The fourth-order valence-corrected chi connectivity index (χ4v) is 2.42. The van der Waals surface area contributed by atoms with Gasteiger partial charge in [-0.05, 0) is 17.9 Å². The molecule has 5 heteroatoms. The number of hydrogen-bond donors (Lipinski definition) is 0. The number of ether oxygens (including phenoxy) is 3. The van der Waals surface area contributed by atoms with Crippen molar-refractivity contribution < 1.29 is 23.8 Å². The minimum absolute atomic E-state index is 0.136. The average Bonchev–Trinajstić information content (AvgIpc) is 3.25. The SMILES string of the molecule is CC(C)CC(=O)OC[C@@]1(c2ccccc2OC(=O)CC(C)C)CO1. The molecule has 0 amide bonds. The lowest BCUT2D eigenvalue weighted by molar-refractivity contribution is -0.146. The quantitative estimate of drug-likeness (QED) is 0.414. The second-order valence-corrected chi connectivity index (χ2v) is 7.11. The van der Waals surface area contributed by atoms with E-state index in [1.807, 2.05) is 45.9 Å². The van der Waals surface area contributed by atoms with Crippen molar-refractivity contribution in [1.82, 2.24) is 0 Å². The lowest BCUT2D eigenvalue weighted by Crippen LogP contribution is -2.22. The number of para-hydroxylation sites is 1. The van der Waals surface area contributed by atoms with Crippen molar-refractivity contribution in [3.05, 3.63) is 29.8 Å². The van der Waals surface area contributed by atoms with Crippen molar-refractivity contribution >= 4 is 11.9 Å². The van der Waals surface area contributed by atoms with Crippen molar-refractivity contribution in [3.8, 4) is 5.75 Å². The minimum Gasteiger partial charge on any atom is -0.462 e. The molecule has 0 aliphatic carbocycles. The average molecular weight is 334 g/mol. The maximum Gasteiger partial charge on any atom is 0.311 e. The monoisotopic (exact) mass is 334 g/mol. The van der Waals surface area contributed by atoms with E-state index < -0.39 is 5.60 Å². The second-order valence-electron chi connectivity index (χ2n) is 7.11. The third-order valence-corrected chi connectivity index (χ3v) is 3.71. The molecule has 1 aliphatic rings. The van der Waals surface area contributed by atoms with Gasteiger partial charge in [0.2, 0.25) is 0 Å². The maximum atomic E-state index is 12.0. The molecule has 2 rings (SSSR count). The highest BCUT2D eigenvalue weighted by atomic mass is 16.6. The van der Waals surface area contributed by atoms with Crippen LogP contribution in [-0.2, 0) is 24.7 Å². The Morgan fingerprint density at radius 1 is 1.08 bits per heavy atom. The third-order valence-electron chi connectivity index (χ3n) is 3.71. The van der Waals surface area contributed by atoms with E-state index in [0.717, 1.165) is 5.56 Å². The number of carbonyl (C=O) groups excluding carboxylic acids is 2. The Morgan fingerprint density at radius 3 is 2.25 bits per heavy atom. The lowest BCUT2D eigenvalue weighted by Gasteiger charge is -2.17.